The molecule has 0 radical (unpaired) electrons. The SMILES string of the molecule is C=CC(N)=O.CC1CO1. The van der Waals surface area contributed by atoms with Gasteiger partial charge >= 0.3 is 0 Å². The molecule has 1 atom stereocenters. The number of hydrogen-bond acceptors (Lipinski definition) is 2. The third-order valence-corrected chi connectivity index (χ3v) is 0.701. The Kier molecular flexibility index (Phi) is 3.71. The van der Waals surface area contributed by atoms with Crippen molar-refractivity contribution in [2.24, 2.45) is 5.73 Å². The van der Waals surface area contributed by atoms with Crippen molar-refractivity contribution in [3.05, 3.63) is 12.7 Å². The highest BCUT2D eigenvalue weighted by Gasteiger charge is 2.13. The number of carbonyl (C=O) groups is 1. The molecule has 52 valence electrons. The molecule has 0 aromatic carbocycles. The zero-order chi connectivity index (χ0) is 7.28. The molecule has 1 aliphatic heterocycles. The van der Waals surface area contributed by atoms with Crippen molar-refractivity contribution in [3.63, 3.8) is 0 Å². The number of primary amides is 1. The quantitative estimate of drug-likeness (QED) is 0.402. The molecule has 9 heavy (non-hydrogen) atoms. The minimum Gasteiger partial charge on any atom is -0.373 e. The van der Waals surface area contributed by atoms with Crippen LogP contribution in [0.15, 0.2) is 12.7 Å². The lowest BCUT2D eigenvalue weighted by molar-refractivity contribution is -0.113. The minimum atomic E-state index is -0.481. The predicted molar refractivity (Wildman–Crippen MR) is 34.8 cm³/mol. The second-order valence-corrected chi connectivity index (χ2v) is 1.75. The Balaban J connectivity index is 0.000000144. The number of nitrogens with two attached hydrogens (primary N) is 1. The van der Waals surface area contributed by atoms with Crippen molar-refractivity contribution in [1.29, 1.82) is 0 Å². The van der Waals surface area contributed by atoms with Gasteiger partial charge in [0, 0.05) is 0 Å². The highest BCUT2D eigenvalue weighted by atomic mass is 16.6. The normalized spacial score (nSPS) is 21.2. The van der Waals surface area contributed by atoms with Crippen LogP contribution < -0.4 is 5.73 Å². The van der Waals surface area contributed by atoms with Crippen LogP contribution in [0.1, 0.15) is 6.92 Å². The van der Waals surface area contributed by atoms with E-state index in [2.05, 4.69) is 19.2 Å². The summed E-state index contributed by atoms with van der Waals surface area (Å²) in [6.07, 6.45) is 1.64. The van der Waals surface area contributed by atoms with Gasteiger partial charge < -0.3 is 10.5 Å². The smallest absolute Gasteiger partial charge is 0.240 e. The third kappa shape index (κ3) is 11.0. The summed E-state index contributed by atoms with van der Waals surface area (Å²) in [5, 5.41) is 0. The summed E-state index contributed by atoms with van der Waals surface area (Å²) in [4.78, 5) is 9.47. The van der Waals surface area contributed by atoms with E-state index in [4.69, 9.17) is 4.74 Å². The average Bonchev–Trinajstić information content (AvgIpc) is 2.53. The Morgan fingerprint density at radius 1 is 2.00 bits per heavy atom. The first-order chi connectivity index (χ1) is 4.16. The molecular weight excluding hydrogens is 118 g/mol. The summed E-state index contributed by atoms with van der Waals surface area (Å²) in [5.41, 5.74) is 4.53. The first-order valence-electron chi connectivity index (χ1n) is 2.70. The second kappa shape index (κ2) is 4.09. The molecule has 1 fully saturated rings. The van der Waals surface area contributed by atoms with Gasteiger partial charge in [-0.1, -0.05) is 6.58 Å². The van der Waals surface area contributed by atoms with Gasteiger partial charge in [0.05, 0.1) is 12.7 Å². The molecule has 0 aliphatic carbocycles. The van der Waals surface area contributed by atoms with E-state index in [1.165, 1.54) is 0 Å². The molecule has 0 spiro atoms. The van der Waals surface area contributed by atoms with E-state index in [-0.39, 0.29) is 0 Å². The number of hydrogen-bond donors (Lipinski definition) is 1. The van der Waals surface area contributed by atoms with Gasteiger partial charge in [0.25, 0.3) is 0 Å². The largest absolute Gasteiger partial charge is 0.373 e. The van der Waals surface area contributed by atoms with Crippen LogP contribution in [0.3, 0.4) is 0 Å². The highest BCUT2D eigenvalue weighted by Crippen LogP contribution is 2.04. The van der Waals surface area contributed by atoms with Crippen LogP contribution in [-0.2, 0) is 9.53 Å². The maximum absolute atomic E-state index is 9.47. The summed E-state index contributed by atoms with van der Waals surface area (Å²) >= 11 is 0. The summed E-state index contributed by atoms with van der Waals surface area (Å²) < 4.78 is 4.71. The third-order valence-electron chi connectivity index (χ3n) is 0.701. The van der Waals surface area contributed by atoms with Crippen molar-refractivity contribution in [2.75, 3.05) is 6.61 Å². The molecule has 0 bridgehead atoms. The molecule has 1 unspecified atom stereocenters. The fourth-order valence-corrected chi connectivity index (χ4v) is 0.0962. The van der Waals surface area contributed by atoms with Gasteiger partial charge in [-0.2, -0.15) is 0 Å². The molecule has 1 rings (SSSR count). The van der Waals surface area contributed by atoms with E-state index in [0.717, 1.165) is 12.7 Å². The van der Waals surface area contributed by atoms with Crippen LogP contribution >= 0.6 is 0 Å². The van der Waals surface area contributed by atoms with Crippen molar-refractivity contribution < 1.29 is 9.53 Å². The fraction of sp³-hybridized carbons (Fsp3) is 0.500. The molecule has 3 heteroatoms. The van der Waals surface area contributed by atoms with Crippen LogP contribution in [0.2, 0.25) is 0 Å². The standard InChI is InChI=1S/C3H5NO.C3H6O/c1-2-3(4)5;1-3-2-4-3/h2H,1H2,(H2,4,5);3H,2H2,1H3. The van der Waals surface area contributed by atoms with Crippen LogP contribution in [-0.4, -0.2) is 18.6 Å². The Morgan fingerprint density at radius 2 is 2.22 bits per heavy atom. The molecule has 1 heterocycles. The Bertz CT molecular complexity index is 108. The van der Waals surface area contributed by atoms with Crippen LogP contribution in [0, 0.1) is 0 Å². The molecule has 1 amide bonds. The topological polar surface area (TPSA) is 55.6 Å². The predicted octanol–water partition coefficient (Wildman–Crippen LogP) is 0.0628. The number of rotatable bonds is 1. The molecule has 0 saturated carbocycles. The lowest BCUT2D eigenvalue weighted by atomic mass is 10.6. The van der Waals surface area contributed by atoms with Gasteiger partial charge in [0.15, 0.2) is 0 Å². The summed E-state index contributed by atoms with van der Waals surface area (Å²) in [7, 11) is 0. The van der Waals surface area contributed by atoms with E-state index >= 15 is 0 Å². The molecule has 3 nitrogen and oxygen atoms in total. The summed E-state index contributed by atoms with van der Waals surface area (Å²) in [6, 6.07) is 0. The monoisotopic (exact) mass is 129 g/mol. The maximum atomic E-state index is 9.47. The van der Waals surface area contributed by atoms with E-state index in [1.807, 2.05) is 0 Å². The van der Waals surface area contributed by atoms with Crippen LogP contribution in [0.25, 0.3) is 0 Å². The Labute approximate surface area is 54.5 Å². The molecule has 0 aromatic rings. The van der Waals surface area contributed by atoms with Crippen LogP contribution in [0.5, 0.6) is 0 Å². The number of ether oxygens (including phenoxy) is 1. The Hall–Kier alpha value is -0.830. The van der Waals surface area contributed by atoms with Gasteiger partial charge in [-0.25, -0.2) is 0 Å². The molecule has 2 N–H and O–H groups in total. The highest BCUT2D eigenvalue weighted by molar-refractivity contribution is 5.84. The molecule has 1 aliphatic rings. The number of epoxide rings is 1. The van der Waals surface area contributed by atoms with Crippen molar-refractivity contribution in [2.45, 2.75) is 13.0 Å². The van der Waals surface area contributed by atoms with Gasteiger partial charge in [0.1, 0.15) is 0 Å². The second-order valence-electron chi connectivity index (χ2n) is 1.75. The van der Waals surface area contributed by atoms with E-state index in [9.17, 15) is 4.79 Å². The Morgan fingerprint density at radius 3 is 2.22 bits per heavy atom. The number of amides is 1. The van der Waals surface area contributed by atoms with Gasteiger partial charge in [-0.3, -0.25) is 4.79 Å². The van der Waals surface area contributed by atoms with Crippen molar-refractivity contribution in [1.82, 2.24) is 0 Å². The lowest BCUT2D eigenvalue weighted by Gasteiger charge is -1.65. The van der Waals surface area contributed by atoms with Crippen LogP contribution in [0.4, 0.5) is 0 Å². The van der Waals surface area contributed by atoms with Gasteiger partial charge in [0.2, 0.25) is 5.91 Å². The zero-order valence-electron chi connectivity index (χ0n) is 5.46. The van der Waals surface area contributed by atoms with Crippen molar-refractivity contribution >= 4 is 5.91 Å². The van der Waals surface area contributed by atoms with Crippen molar-refractivity contribution in [3.8, 4) is 0 Å². The summed E-state index contributed by atoms with van der Waals surface area (Å²) in [5.74, 6) is -0.481. The first-order valence-corrected chi connectivity index (χ1v) is 2.70. The lowest BCUT2D eigenvalue weighted by Crippen LogP contribution is -2.04. The molecule has 1 saturated heterocycles. The fourth-order valence-electron chi connectivity index (χ4n) is 0.0962. The van der Waals surface area contributed by atoms with Gasteiger partial charge in [-0.05, 0) is 13.0 Å². The average molecular weight is 129 g/mol. The first kappa shape index (κ1) is 8.17. The van der Waals surface area contributed by atoms with Gasteiger partial charge in [-0.15, -0.1) is 0 Å². The molecule has 0 aromatic heterocycles. The minimum absolute atomic E-state index is 0.481. The maximum Gasteiger partial charge on any atom is 0.240 e. The number of carbonyl (C=O) groups excluding carboxylic acids is 1. The molecular formula is C6H11NO2. The zero-order valence-corrected chi connectivity index (χ0v) is 5.46. The summed E-state index contributed by atoms with van der Waals surface area (Å²) in [6.45, 7) is 6.13. The van der Waals surface area contributed by atoms with E-state index in [1.54, 1.807) is 0 Å². The van der Waals surface area contributed by atoms with E-state index in [0.29, 0.717) is 6.10 Å². The van der Waals surface area contributed by atoms with E-state index < -0.39 is 5.91 Å².